The van der Waals surface area contributed by atoms with Crippen LogP contribution in [0.25, 0.3) is 33.1 Å². The van der Waals surface area contributed by atoms with Crippen LogP contribution in [0.3, 0.4) is 0 Å². The minimum absolute atomic E-state index is 0.102. The molecule has 0 bridgehead atoms. The van der Waals surface area contributed by atoms with Crippen LogP contribution in [0, 0.1) is 0 Å². The van der Waals surface area contributed by atoms with Gasteiger partial charge in [0.25, 0.3) is 5.56 Å². The Labute approximate surface area is 134 Å². The lowest BCUT2D eigenvalue weighted by molar-refractivity contribution is 1.24. The highest BCUT2D eigenvalue weighted by Gasteiger charge is 2.06. The summed E-state index contributed by atoms with van der Waals surface area (Å²) in [7, 11) is 0. The van der Waals surface area contributed by atoms with Crippen LogP contribution in [-0.2, 0) is 0 Å². The van der Waals surface area contributed by atoms with Crippen molar-refractivity contribution in [1.82, 2.24) is 9.97 Å². The van der Waals surface area contributed by atoms with Gasteiger partial charge in [-0.05, 0) is 41.8 Å². The Kier molecular flexibility index (Phi) is 3.05. The van der Waals surface area contributed by atoms with Crippen molar-refractivity contribution in [2.45, 2.75) is 0 Å². The molecule has 0 saturated heterocycles. The molecular formula is C18H11BrN2O. The number of nitrogens with zero attached hydrogens (tertiary/aromatic N) is 1. The third kappa shape index (κ3) is 2.22. The maximum atomic E-state index is 12.2. The highest BCUT2D eigenvalue weighted by molar-refractivity contribution is 9.10. The van der Waals surface area contributed by atoms with Gasteiger partial charge in [0.2, 0.25) is 0 Å². The molecule has 2 aromatic heterocycles. The van der Waals surface area contributed by atoms with E-state index in [-0.39, 0.29) is 5.56 Å². The molecule has 22 heavy (non-hydrogen) atoms. The normalized spacial score (nSPS) is 11.1. The van der Waals surface area contributed by atoms with Gasteiger partial charge in [-0.15, -0.1) is 0 Å². The highest BCUT2D eigenvalue weighted by atomic mass is 79.9. The van der Waals surface area contributed by atoms with Crippen molar-refractivity contribution in [3.05, 3.63) is 75.5 Å². The second kappa shape index (κ2) is 5.07. The quantitative estimate of drug-likeness (QED) is 0.549. The summed E-state index contributed by atoms with van der Waals surface area (Å²) in [6, 6.07) is 19.5. The zero-order chi connectivity index (χ0) is 15.1. The Morgan fingerprint density at radius 3 is 2.68 bits per heavy atom. The molecule has 4 rings (SSSR count). The first-order chi connectivity index (χ1) is 10.7. The zero-order valence-electron chi connectivity index (χ0n) is 11.5. The number of H-pyrrole nitrogens is 1. The van der Waals surface area contributed by atoms with E-state index in [2.05, 4.69) is 25.9 Å². The molecule has 3 nitrogen and oxygen atoms in total. The summed E-state index contributed by atoms with van der Waals surface area (Å²) in [5, 5.41) is 2.65. The van der Waals surface area contributed by atoms with E-state index in [1.807, 2.05) is 60.7 Å². The highest BCUT2D eigenvalue weighted by Crippen LogP contribution is 2.23. The maximum absolute atomic E-state index is 12.2. The monoisotopic (exact) mass is 350 g/mol. The van der Waals surface area contributed by atoms with Crippen LogP contribution in [0.4, 0.5) is 0 Å². The number of aromatic nitrogens is 2. The number of halogens is 1. The summed E-state index contributed by atoms with van der Waals surface area (Å²) in [5.74, 6) is 0. The van der Waals surface area contributed by atoms with Crippen LogP contribution < -0.4 is 5.56 Å². The second-order valence-electron chi connectivity index (χ2n) is 5.13. The van der Waals surface area contributed by atoms with Gasteiger partial charge in [-0.1, -0.05) is 40.2 Å². The Hall–Kier alpha value is -2.46. The molecule has 2 heterocycles. The number of para-hydroxylation sites is 1. The molecule has 0 unspecified atom stereocenters. The minimum atomic E-state index is -0.102. The van der Waals surface area contributed by atoms with Crippen LogP contribution >= 0.6 is 15.9 Å². The van der Waals surface area contributed by atoms with Gasteiger partial charge >= 0.3 is 0 Å². The van der Waals surface area contributed by atoms with Gasteiger partial charge < -0.3 is 4.98 Å². The number of hydrogen-bond donors (Lipinski definition) is 1. The van der Waals surface area contributed by atoms with Crippen molar-refractivity contribution in [3.63, 3.8) is 0 Å². The van der Waals surface area contributed by atoms with Crippen LogP contribution in [-0.4, -0.2) is 9.97 Å². The SMILES string of the molecule is O=c1[nH]c(-c2ccc3ccccc3n2)cc2cc(Br)ccc12. The number of benzene rings is 2. The Bertz CT molecular complexity index is 1070. The summed E-state index contributed by atoms with van der Waals surface area (Å²) in [4.78, 5) is 19.8. The summed E-state index contributed by atoms with van der Waals surface area (Å²) >= 11 is 3.44. The van der Waals surface area contributed by atoms with Crippen LogP contribution in [0.1, 0.15) is 0 Å². The standard InChI is InChI=1S/C18H11BrN2O/c19-13-6-7-14-12(9-13)10-17(21-18(14)22)16-8-5-11-3-1-2-4-15(11)20-16/h1-10H,(H,21,22). The molecule has 0 amide bonds. The fraction of sp³-hybridized carbons (Fsp3) is 0. The molecular weight excluding hydrogens is 340 g/mol. The first-order valence-corrected chi connectivity index (χ1v) is 7.69. The average molecular weight is 351 g/mol. The van der Waals surface area contributed by atoms with E-state index in [1.165, 1.54) is 0 Å². The van der Waals surface area contributed by atoms with E-state index < -0.39 is 0 Å². The summed E-state index contributed by atoms with van der Waals surface area (Å²) in [6.07, 6.45) is 0. The molecule has 0 aliphatic rings. The van der Waals surface area contributed by atoms with E-state index in [4.69, 9.17) is 0 Å². The van der Waals surface area contributed by atoms with E-state index in [9.17, 15) is 4.79 Å². The van der Waals surface area contributed by atoms with Crippen LogP contribution in [0.15, 0.2) is 69.9 Å². The third-order valence-corrected chi connectivity index (χ3v) is 4.17. The first-order valence-electron chi connectivity index (χ1n) is 6.89. The number of aromatic amines is 1. The lowest BCUT2D eigenvalue weighted by atomic mass is 10.1. The molecule has 2 aromatic carbocycles. The summed E-state index contributed by atoms with van der Waals surface area (Å²) in [6.45, 7) is 0. The molecule has 4 heteroatoms. The fourth-order valence-corrected chi connectivity index (χ4v) is 2.97. The smallest absolute Gasteiger partial charge is 0.256 e. The topological polar surface area (TPSA) is 45.8 Å². The molecule has 0 atom stereocenters. The van der Waals surface area contributed by atoms with E-state index in [0.29, 0.717) is 5.39 Å². The molecule has 0 radical (unpaired) electrons. The van der Waals surface area contributed by atoms with E-state index in [0.717, 1.165) is 32.1 Å². The van der Waals surface area contributed by atoms with Crippen molar-refractivity contribution < 1.29 is 0 Å². The molecule has 0 saturated carbocycles. The van der Waals surface area contributed by atoms with Crippen LogP contribution in [0.2, 0.25) is 0 Å². The molecule has 1 N–H and O–H groups in total. The Balaban J connectivity index is 1.97. The molecule has 0 fully saturated rings. The van der Waals surface area contributed by atoms with Gasteiger partial charge in [-0.3, -0.25) is 4.79 Å². The van der Waals surface area contributed by atoms with Crippen molar-refractivity contribution in [2.75, 3.05) is 0 Å². The van der Waals surface area contributed by atoms with E-state index >= 15 is 0 Å². The Morgan fingerprint density at radius 1 is 0.909 bits per heavy atom. The van der Waals surface area contributed by atoms with Crippen LogP contribution in [0.5, 0.6) is 0 Å². The fourth-order valence-electron chi connectivity index (χ4n) is 2.60. The van der Waals surface area contributed by atoms with Gasteiger partial charge in [0.15, 0.2) is 0 Å². The lowest BCUT2D eigenvalue weighted by Gasteiger charge is -2.05. The summed E-state index contributed by atoms with van der Waals surface area (Å²) in [5.41, 5.74) is 2.30. The van der Waals surface area contributed by atoms with Gasteiger partial charge in [-0.2, -0.15) is 0 Å². The van der Waals surface area contributed by atoms with E-state index in [1.54, 1.807) is 0 Å². The lowest BCUT2D eigenvalue weighted by Crippen LogP contribution is -2.07. The van der Waals surface area contributed by atoms with Gasteiger partial charge in [0, 0.05) is 15.2 Å². The number of fused-ring (bicyclic) bond motifs is 2. The van der Waals surface area contributed by atoms with Gasteiger partial charge in [0.1, 0.15) is 0 Å². The Morgan fingerprint density at radius 2 is 1.77 bits per heavy atom. The van der Waals surface area contributed by atoms with Crippen molar-refractivity contribution in [3.8, 4) is 11.4 Å². The predicted molar refractivity (Wildman–Crippen MR) is 93.0 cm³/mol. The van der Waals surface area contributed by atoms with Crippen molar-refractivity contribution in [2.24, 2.45) is 0 Å². The molecule has 0 aliphatic heterocycles. The van der Waals surface area contributed by atoms with Gasteiger partial charge in [-0.25, -0.2) is 4.98 Å². The molecule has 0 aliphatic carbocycles. The second-order valence-corrected chi connectivity index (χ2v) is 6.05. The van der Waals surface area contributed by atoms with Crippen molar-refractivity contribution >= 4 is 37.6 Å². The average Bonchev–Trinajstić information content (AvgIpc) is 2.54. The first kappa shape index (κ1) is 13.2. The van der Waals surface area contributed by atoms with Crippen molar-refractivity contribution in [1.29, 1.82) is 0 Å². The third-order valence-electron chi connectivity index (χ3n) is 3.68. The maximum Gasteiger partial charge on any atom is 0.256 e. The van der Waals surface area contributed by atoms with Gasteiger partial charge in [0.05, 0.1) is 16.9 Å². The molecule has 106 valence electrons. The zero-order valence-corrected chi connectivity index (χ0v) is 13.1. The minimum Gasteiger partial charge on any atom is -0.320 e. The number of nitrogens with one attached hydrogen (secondary N) is 1. The largest absolute Gasteiger partial charge is 0.320 e. The number of rotatable bonds is 1. The summed E-state index contributed by atoms with van der Waals surface area (Å²) < 4.78 is 0.947. The molecule has 0 spiro atoms. The predicted octanol–water partition coefficient (Wildman–Crippen LogP) is 4.51. The number of pyridine rings is 2. The number of hydrogen-bond acceptors (Lipinski definition) is 2. The molecule has 4 aromatic rings.